The molecule has 1 aliphatic carbocycles. The van der Waals surface area contributed by atoms with Crippen molar-refractivity contribution in [2.45, 2.75) is 119 Å². The number of hydrazine groups is 1. The number of ether oxygens (including phenoxy) is 2. The fraction of sp³-hybridized carbons (Fsp3) is 0.649. The zero-order chi connectivity index (χ0) is 43.5. The van der Waals surface area contributed by atoms with E-state index in [2.05, 4.69) is 26.7 Å². The van der Waals surface area contributed by atoms with E-state index in [4.69, 9.17) is 44.3 Å². The number of halogens is 3. The SMILES string of the molecule is COC[C@@H]1NC(=O)[C@@H]2C[C@@H](Cl)CNN2C(=O)[C@H](C(C)(C)C)OC(=O)[C@@H](C2(C)CC2)NC(=O)[C@@H]2C[C@@]3(O)c4ccc(Cl)c(Cl)c4N[C@H]3N2C(=O)[C@@H]([C@@H](O)CC(=O)O)NC1=O. The van der Waals surface area contributed by atoms with Crippen molar-refractivity contribution in [2.75, 3.05) is 25.6 Å². The second kappa shape index (κ2) is 16.5. The van der Waals surface area contributed by atoms with E-state index in [1.54, 1.807) is 27.7 Å². The highest BCUT2D eigenvalue weighted by Gasteiger charge is 2.63. The Kier molecular flexibility index (Phi) is 12.4. The Hall–Kier alpha value is -3.98. The van der Waals surface area contributed by atoms with Crippen LogP contribution in [0.3, 0.4) is 0 Å². The van der Waals surface area contributed by atoms with Crippen molar-refractivity contribution >= 4 is 82.0 Å². The van der Waals surface area contributed by atoms with E-state index >= 15 is 0 Å². The van der Waals surface area contributed by atoms with Crippen LogP contribution >= 0.6 is 34.8 Å². The number of amides is 5. The lowest BCUT2D eigenvalue weighted by atomic mass is 9.87. The van der Waals surface area contributed by atoms with E-state index in [9.17, 15) is 48.9 Å². The number of hydrogen-bond donors (Lipinski definition) is 8. The average Bonchev–Trinajstić information content (AvgIpc) is 3.73. The minimum absolute atomic E-state index is 0.0182. The Morgan fingerprint density at radius 3 is 2.27 bits per heavy atom. The van der Waals surface area contributed by atoms with Gasteiger partial charge in [0.2, 0.25) is 23.6 Å². The third-order valence-corrected chi connectivity index (χ3v) is 12.7. The summed E-state index contributed by atoms with van der Waals surface area (Å²) in [5, 5.41) is 44.2. The zero-order valence-corrected chi connectivity index (χ0v) is 35.1. The van der Waals surface area contributed by atoms with Gasteiger partial charge in [-0.3, -0.25) is 33.8 Å². The number of fused-ring (bicyclic) bond motifs is 6. The maximum Gasteiger partial charge on any atom is 0.330 e. The first-order valence-corrected chi connectivity index (χ1v) is 20.2. The summed E-state index contributed by atoms with van der Waals surface area (Å²) in [6.07, 6.45) is -5.97. The minimum Gasteiger partial charge on any atom is -0.481 e. The van der Waals surface area contributed by atoms with Crippen molar-refractivity contribution < 1.29 is 58.4 Å². The second-order valence-electron chi connectivity index (χ2n) is 17.1. The van der Waals surface area contributed by atoms with E-state index in [1.807, 2.05) is 0 Å². The maximum atomic E-state index is 14.9. The molecule has 10 atom stereocenters. The number of carboxylic acids is 1. The summed E-state index contributed by atoms with van der Waals surface area (Å²) in [6, 6.07) is -5.30. The molecule has 5 amide bonds. The van der Waals surface area contributed by atoms with Crippen LogP contribution in [-0.4, -0.2) is 141 Å². The summed E-state index contributed by atoms with van der Waals surface area (Å²) in [5.74, 6) is -7.55. The minimum atomic E-state index is -2.14. The number of aliphatic hydroxyl groups excluding tert-OH is 1. The number of esters is 1. The van der Waals surface area contributed by atoms with Gasteiger partial charge in [-0.2, -0.15) is 0 Å². The number of benzene rings is 1. The first-order valence-electron chi connectivity index (χ1n) is 19.0. The van der Waals surface area contributed by atoms with Crippen LogP contribution in [0.15, 0.2) is 12.1 Å². The van der Waals surface area contributed by atoms with Crippen LogP contribution < -0.4 is 26.7 Å². The third-order valence-electron chi connectivity index (χ3n) is 11.6. The lowest BCUT2D eigenvalue weighted by Gasteiger charge is -2.42. The zero-order valence-electron chi connectivity index (χ0n) is 32.8. The number of carboxylic acid groups (broad SMARTS) is 1. The molecule has 4 heterocycles. The molecule has 324 valence electrons. The fourth-order valence-corrected chi connectivity index (χ4v) is 8.66. The van der Waals surface area contributed by atoms with Gasteiger partial charge in [-0.15, -0.1) is 11.6 Å². The quantitative estimate of drug-likeness (QED) is 0.138. The molecule has 5 aliphatic rings. The molecule has 4 aliphatic heterocycles. The molecule has 0 unspecified atom stereocenters. The molecular weight excluding hydrogens is 841 g/mol. The van der Waals surface area contributed by atoms with Crippen LogP contribution in [0.4, 0.5) is 5.69 Å². The lowest BCUT2D eigenvalue weighted by Crippen LogP contribution is -2.67. The van der Waals surface area contributed by atoms with Crippen LogP contribution in [0.2, 0.25) is 10.0 Å². The molecule has 1 aromatic carbocycles. The number of carbonyl (C=O) groups excluding carboxylic acids is 6. The first kappa shape index (κ1) is 44.6. The number of cyclic esters (lactones) is 1. The van der Waals surface area contributed by atoms with Gasteiger partial charge in [-0.25, -0.2) is 10.2 Å². The molecule has 6 rings (SSSR count). The number of methoxy groups -OCH3 is 1. The third kappa shape index (κ3) is 8.52. The number of carbonyl (C=O) groups is 7. The van der Waals surface area contributed by atoms with E-state index in [-0.39, 0.29) is 34.3 Å². The molecule has 4 fully saturated rings. The molecule has 22 heteroatoms. The standard InChI is InChI=1S/C37H48Cl3N7O12/c1-35(2,3)27-32(55)47-19(10-15(38)13-41-47)29(52)42-18(14-58-5)28(51)43-25(21(48)11-22(49)50)31(54)46-20(30(53)45-26(33(56)59-27)36(4)8-9-36)12-37(57)16-6-7-17(39)23(40)24(16)44-34(37)46/h6-7,15,18-21,25-27,34,41,44,48,57H,8-14H2,1-5H3,(H,42,52)(H,43,51)(H,45,53)(H,49,50)/t15-,18+,19+,20+,21+,25-,26+,27-,34+,37-/m1/s1. The number of anilines is 1. The van der Waals surface area contributed by atoms with Gasteiger partial charge in [-0.1, -0.05) is 57.0 Å². The Labute approximate surface area is 354 Å². The van der Waals surface area contributed by atoms with Gasteiger partial charge in [0.15, 0.2) is 6.10 Å². The van der Waals surface area contributed by atoms with Crippen LogP contribution in [0.25, 0.3) is 0 Å². The summed E-state index contributed by atoms with van der Waals surface area (Å²) in [4.78, 5) is 99.1. The van der Waals surface area contributed by atoms with E-state index < -0.39 is 131 Å². The summed E-state index contributed by atoms with van der Waals surface area (Å²) < 4.78 is 11.2. The Morgan fingerprint density at radius 2 is 1.66 bits per heavy atom. The number of aliphatic hydroxyl groups is 2. The summed E-state index contributed by atoms with van der Waals surface area (Å²) in [6.45, 7) is 6.18. The highest BCUT2D eigenvalue weighted by atomic mass is 35.5. The van der Waals surface area contributed by atoms with Crippen molar-refractivity contribution in [3.63, 3.8) is 0 Å². The van der Waals surface area contributed by atoms with Gasteiger partial charge >= 0.3 is 11.9 Å². The van der Waals surface area contributed by atoms with E-state index in [1.165, 1.54) is 19.2 Å². The van der Waals surface area contributed by atoms with Gasteiger partial charge in [-0.05, 0) is 30.7 Å². The summed E-state index contributed by atoms with van der Waals surface area (Å²) >= 11 is 19.2. The van der Waals surface area contributed by atoms with Gasteiger partial charge in [0, 0.05) is 31.1 Å². The topological polar surface area (TPSA) is 265 Å². The molecule has 0 bridgehead atoms. The smallest absolute Gasteiger partial charge is 0.330 e. The Balaban J connectivity index is 1.49. The molecular formula is C37H48Cl3N7O12. The normalized spacial score (nSPS) is 33.1. The highest BCUT2D eigenvalue weighted by molar-refractivity contribution is 6.44. The van der Waals surface area contributed by atoms with Crippen molar-refractivity contribution in [3.05, 3.63) is 27.7 Å². The largest absolute Gasteiger partial charge is 0.481 e. The highest BCUT2D eigenvalue weighted by Crippen LogP contribution is 2.53. The molecule has 0 radical (unpaired) electrons. The molecule has 19 nitrogen and oxygen atoms in total. The van der Waals surface area contributed by atoms with Crippen LogP contribution in [0.1, 0.15) is 65.4 Å². The number of rotatable bonds is 6. The fourth-order valence-electron chi connectivity index (χ4n) is 8.05. The van der Waals surface area contributed by atoms with Crippen LogP contribution in [0.5, 0.6) is 0 Å². The number of hydrogen-bond acceptors (Lipinski definition) is 13. The second-order valence-corrected chi connectivity index (χ2v) is 18.5. The number of nitrogens with zero attached hydrogens (tertiary/aromatic N) is 2. The molecule has 1 saturated carbocycles. The molecule has 3 saturated heterocycles. The van der Waals surface area contributed by atoms with Gasteiger partial charge < -0.3 is 51.0 Å². The van der Waals surface area contributed by atoms with Crippen LogP contribution in [-0.2, 0) is 48.6 Å². The van der Waals surface area contributed by atoms with Crippen molar-refractivity contribution in [1.29, 1.82) is 0 Å². The Morgan fingerprint density at radius 1 is 1.00 bits per heavy atom. The first-order chi connectivity index (χ1) is 27.5. The predicted octanol–water partition coefficient (Wildman–Crippen LogP) is -0.0456. The molecule has 0 spiro atoms. The lowest BCUT2D eigenvalue weighted by molar-refractivity contribution is -0.176. The predicted molar refractivity (Wildman–Crippen MR) is 209 cm³/mol. The van der Waals surface area contributed by atoms with Crippen molar-refractivity contribution in [1.82, 2.24) is 31.3 Å². The summed E-state index contributed by atoms with van der Waals surface area (Å²) in [5.41, 5.74) is -0.899. The van der Waals surface area contributed by atoms with E-state index in [0.29, 0.717) is 12.8 Å². The van der Waals surface area contributed by atoms with Crippen molar-refractivity contribution in [3.8, 4) is 0 Å². The Bertz CT molecular complexity index is 1930. The number of aliphatic carboxylic acids is 1. The summed E-state index contributed by atoms with van der Waals surface area (Å²) in [7, 11) is 1.21. The van der Waals surface area contributed by atoms with Gasteiger partial charge in [0.1, 0.15) is 42.0 Å². The van der Waals surface area contributed by atoms with Crippen molar-refractivity contribution in [2.24, 2.45) is 10.8 Å². The van der Waals surface area contributed by atoms with Gasteiger partial charge in [0.25, 0.3) is 5.91 Å². The number of alkyl halides is 1. The van der Waals surface area contributed by atoms with E-state index in [0.717, 1.165) is 9.91 Å². The number of nitrogens with one attached hydrogen (secondary N) is 5. The van der Waals surface area contributed by atoms with Gasteiger partial charge in [0.05, 0.1) is 40.2 Å². The molecule has 1 aromatic rings. The molecule has 8 N–H and O–H groups in total. The average molecular weight is 889 g/mol. The monoisotopic (exact) mass is 887 g/mol. The maximum absolute atomic E-state index is 14.9. The van der Waals surface area contributed by atoms with Crippen LogP contribution in [0, 0.1) is 10.8 Å². The molecule has 59 heavy (non-hydrogen) atoms. The molecule has 0 aromatic heterocycles.